The zero-order valence-corrected chi connectivity index (χ0v) is 15.0. The quantitative estimate of drug-likeness (QED) is 0.860. The number of amides is 2. The summed E-state index contributed by atoms with van der Waals surface area (Å²) in [4.78, 5) is 26.6. The maximum Gasteiger partial charge on any atom is 0.414 e. The van der Waals surface area contributed by atoms with Crippen molar-refractivity contribution in [1.82, 2.24) is 5.32 Å². The molecule has 0 spiro atoms. The Morgan fingerprint density at radius 3 is 2.70 bits per heavy atom. The lowest BCUT2D eigenvalue weighted by Crippen LogP contribution is -2.43. The molecule has 3 fully saturated rings. The van der Waals surface area contributed by atoms with Gasteiger partial charge in [-0.1, -0.05) is 0 Å². The van der Waals surface area contributed by atoms with Crippen molar-refractivity contribution in [2.45, 2.75) is 31.2 Å². The Morgan fingerprint density at radius 2 is 2.04 bits per heavy atom. The van der Waals surface area contributed by atoms with Gasteiger partial charge in [-0.3, -0.25) is 4.90 Å². The highest BCUT2D eigenvalue weighted by atomic mass is 19.1. The third kappa shape index (κ3) is 3.64. The highest BCUT2D eigenvalue weighted by Gasteiger charge is 2.36. The van der Waals surface area contributed by atoms with Crippen molar-refractivity contribution < 1.29 is 28.2 Å². The number of rotatable bonds is 4. The number of benzene rings is 1. The second-order valence-corrected chi connectivity index (χ2v) is 6.99. The van der Waals surface area contributed by atoms with Gasteiger partial charge < -0.3 is 24.4 Å². The van der Waals surface area contributed by atoms with Gasteiger partial charge in [0.15, 0.2) is 0 Å². The van der Waals surface area contributed by atoms with Gasteiger partial charge in [0.2, 0.25) is 0 Å². The summed E-state index contributed by atoms with van der Waals surface area (Å²) in [6.45, 7) is 1.72. The first-order chi connectivity index (χ1) is 13.0. The van der Waals surface area contributed by atoms with Crippen LogP contribution >= 0.6 is 0 Å². The van der Waals surface area contributed by atoms with E-state index in [1.165, 1.54) is 18.1 Å². The van der Waals surface area contributed by atoms with E-state index in [-0.39, 0.29) is 31.1 Å². The Balaban J connectivity index is 1.43. The number of carbonyl (C=O) groups excluding carboxylic acids is 2. The van der Waals surface area contributed by atoms with Crippen molar-refractivity contribution >= 4 is 23.6 Å². The minimum Gasteiger partial charge on any atom is -0.453 e. The van der Waals surface area contributed by atoms with Gasteiger partial charge >= 0.3 is 12.2 Å². The van der Waals surface area contributed by atoms with Crippen molar-refractivity contribution in [1.29, 1.82) is 0 Å². The number of ether oxygens (including phenoxy) is 3. The molecule has 4 rings (SSSR count). The molecule has 3 saturated heterocycles. The number of cyclic esters (lactones) is 1. The van der Waals surface area contributed by atoms with Crippen LogP contribution in [-0.2, 0) is 14.2 Å². The molecule has 3 heterocycles. The number of hydrogen-bond donors (Lipinski definition) is 1. The predicted molar refractivity (Wildman–Crippen MR) is 94.5 cm³/mol. The van der Waals surface area contributed by atoms with Crippen LogP contribution in [0.3, 0.4) is 0 Å². The molecule has 8 nitrogen and oxygen atoms in total. The van der Waals surface area contributed by atoms with E-state index in [1.54, 1.807) is 12.1 Å². The van der Waals surface area contributed by atoms with Crippen LogP contribution in [0.1, 0.15) is 12.8 Å². The number of halogens is 1. The molecular weight excluding hydrogens is 357 g/mol. The molecule has 1 aromatic carbocycles. The number of anilines is 2. The van der Waals surface area contributed by atoms with Crippen molar-refractivity contribution in [2.75, 3.05) is 43.1 Å². The normalized spacial score (nSPS) is 26.9. The minimum atomic E-state index is -0.598. The van der Waals surface area contributed by atoms with E-state index in [0.717, 1.165) is 12.8 Å². The Hall–Kier alpha value is -2.55. The third-order valence-electron chi connectivity index (χ3n) is 5.16. The zero-order chi connectivity index (χ0) is 19.0. The fourth-order valence-electron chi connectivity index (χ4n) is 3.84. The van der Waals surface area contributed by atoms with Gasteiger partial charge in [-0.2, -0.15) is 0 Å². The Bertz CT molecular complexity index is 734. The number of nitrogens with zero attached hydrogens (tertiary/aromatic N) is 2. The van der Waals surface area contributed by atoms with Crippen LogP contribution < -0.4 is 15.1 Å². The zero-order valence-electron chi connectivity index (χ0n) is 15.0. The topological polar surface area (TPSA) is 80.3 Å². The molecule has 146 valence electrons. The largest absolute Gasteiger partial charge is 0.453 e. The van der Waals surface area contributed by atoms with E-state index >= 15 is 0 Å². The fraction of sp³-hybridized carbons (Fsp3) is 0.556. The Labute approximate surface area is 156 Å². The average molecular weight is 379 g/mol. The molecule has 3 aliphatic heterocycles. The lowest BCUT2D eigenvalue weighted by Gasteiger charge is -2.34. The minimum absolute atomic E-state index is 0.131. The molecule has 1 unspecified atom stereocenters. The summed E-state index contributed by atoms with van der Waals surface area (Å²) >= 11 is 0. The molecule has 2 bridgehead atoms. The Kier molecular flexibility index (Phi) is 4.77. The van der Waals surface area contributed by atoms with Gasteiger partial charge in [0.05, 0.1) is 43.8 Å². The van der Waals surface area contributed by atoms with Gasteiger partial charge in [-0.15, -0.1) is 0 Å². The number of nitrogens with one attached hydrogen (secondary N) is 1. The number of methoxy groups -OCH3 is 1. The average Bonchev–Trinajstić information content (AvgIpc) is 3.20. The van der Waals surface area contributed by atoms with E-state index in [4.69, 9.17) is 9.47 Å². The summed E-state index contributed by atoms with van der Waals surface area (Å²) in [5, 5.41) is 2.49. The summed E-state index contributed by atoms with van der Waals surface area (Å²) in [5.41, 5.74) is 0.952. The smallest absolute Gasteiger partial charge is 0.414 e. The van der Waals surface area contributed by atoms with Gasteiger partial charge in [-0.05, 0) is 31.0 Å². The van der Waals surface area contributed by atoms with E-state index in [9.17, 15) is 14.0 Å². The van der Waals surface area contributed by atoms with E-state index in [2.05, 4.69) is 10.1 Å². The second kappa shape index (κ2) is 7.22. The van der Waals surface area contributed by atoms with E-state index < -0.39 is 18.3 Å². The molecule has 2 amide bonds. The van der Waals surface area contributed by atoms with E-state index in [0.29, 0.717) is 24.5 Å². The molecule has 3 aliphatic rings. The van der Waals surface area contributed by atoms with Crippen LogP contribution in [0.5, 0.6) is 0 Å². The highest BCUT2D eigenvalue weighted by molar-refractivity contribution is 5.90. The molecular formula is C18H22FN3O5. The molecule has 1 N–H and O–H groups in total. The van der Waals surface area contributed by atoms with E-state index in [1.807, 2.05) is 4.90 Å². The van der Waals surface area contributed by atoms with Crippen LogP contribution in [0, 0.1) is 5.82 Å². The molecule has 0 aromatic heterocycles. The molecule has 0 radical (unpaired) electrons. The van der Waals surface area contributed by atoms with Gasteiger partial charge in [0.25, 0.3) is 0 Å². The highest BCUT2D eigenvalue weighted by Crippen LogP contribution is 2.33. The maximum atomic E-state index is 14.8. The monoisotopic (exact) mass is 379 g/mol. The number of fused-ring (bicyclic) bond motifs is 2. The van der Waals surface area contributed by atoms with Gasteiger partial charge in [0.1, 0.15) is 11.9 Å². The number of carbonyl (C=O) groups is 2. The summed E-state index contributed by atoms with van der Waals surface area (Å²) in [6.07, 6.45) is 0.680. The van der Waals surface area contributed by atoms with Crippen LogP contribution in [0.25, 0.3) is 0 Å². The van der Waals surface area contributed by atoms with Crippen LogP contribution in [0.2, 0.25) is 0 Å². The number of hydrogen-bond acceptors (Lipinski definition) is 6. The second-order valence-electron chi connectivity index (χ2n) is 6.99. The SMILES string of the molecule is COC(=O)NC[C@H]1CN(c2ccc(N3CC4CC[C@H](C3)O4)c(F)c2)C(=O)O1. The fourth-order valence-corrected chi connectivity index (χ4v) is 3.84. The molecule has 0 saturated carbocycles. The lowest BCUT2D eigenvalue weighted by molar-refractivity contribution is 0.0303. The molecule has 3 atom stereocenters. The van der Waals surface area contributed by atoms with Gasteiger partial charge in [-0.25, -0.2) is 14.0 Å². The van der Waals surface area contributed by atoms with Crippen molar-refractivity contribution in [2.24, 2.45) is 0 Å². The summed E-state index contributed by atoms with van der Waals surface area (Å²) < 4.78 is 30.2. The maximum absolute atomic E-state index is 14.8. The van der Waals surface area contributed by atoms with Crippen LogP contribution in [0.15, 0.2) is 18.2 Å². The standard InChI is InChI=1S/C18H22FN3O5/c1-25-17(23)20-7-14-10-22(18(24)27-14)11-2-5-16(15(19)6-11)21-8-12-3-4-13(9-21)26-12/h2,5-6,12-14H,3-4,7-10H2,1H3,(H,20,23)/t12-,13?,14+/m1/s1. The molecule has 27 heavy (non-hydrogen) atoms. The van der Waals surface area contributed by atoms with Crippen molar-refractivity contribution in [3.05, 3.63) is 24.0 Å². The van der Waals surface area contributed by atoms with Crippen LogP contribution in [-0.4, -0.2) is 63.8 Å². The predicted octanol–water partition coefficient (Wildman–Crippen LogP) is 1.87. The number of alkyl carbamates (subject to hydrolysis) is 1. The number of morpholine rings is 1. The first-order valence-electron chi connectivity index (χ1n) is 9.03. The summed E-state index contributed by atoms with van der Waals surface area (Å²) in [7, 11) is 1.26. The summed E-state index contributed by atoms with van der Waals surface area (Å²) in [6, 6.07) is 4.76. The first-order valence-corrected chi connectivity index (χ1v) is 9.03. The van der Waals surface area contributed by atoms with Crippen molar-refractivity contribution in [3.8, 4) is 0 Å². The first kappa shape index (κ1) is 17.8. The van der Waals surface area contributed by atoms with Crippen LogP contribution in [0.4, 0.5) is 25.4 Å². The van der Waals surface area contributed by atoms with Crippen molar-refractivity contribution in [3.63, 3.8) is 0 Å². The molecule has 0 aliphatic carbocycles. The summed E-state index contributed by atoms with van der Waals surface area (Å²) in [5.74, 6) is -0.377. The Morgan fingerprint density at radius 1 is 1.30 bits per heavy atom. The van der Waals surface area contributed by atoms with Gasteiger partial charge in [0, 0.05) is 13.1 Å². The molecule has 1 aromatic rings. The third-order valence-corrected chi connectivity index (χ3v) is 5.16. The molecule has 9 heteroatoms. The lowest BCUT2D eigenvalue weighted by atomic mass is 10.2.